The number of rotatable bonds is 6. The largest absolute Gasteiger partial charge is 0.265 e. The highest BCUT2D eigenvalue weighted by Gasteiger charge is 2.52. The first-order chi connectivity index (χ1) is 29.5. The van der Waals surface area contributed by atoms with E-state index >= 15 is 35.1 Å². The molecule has 0 N–H and O–H groups in total. The van der Waals surface area contributed by atoms with Crippen molar-refractivity contribution >= 4 is 38.9 Å². The molecule has 0 fully saturated rings. The van der Waals surface area contributed by atoms with Gasteiger partial charge in [0.15, 0.2) is 75.6 Å². The molecule has 1 heterocycles. The maximum absolute atomic E-state index is 15.4. The van der Waals surface area contributed by atoms with Crippen molar-refractivity contribution in [1.29, 1.82) is 0 Å². The van der Waals surface area contributed by atoms with Crippen molar-refractivity contribution in [3.05, 3.63) is 189 Å². The molecule has 0 amide bonds. The first-order valence-corrected chi connectivity index (χ1v) is 16.6. The standard InChI is InChI=1S/C24BF20.C15H11FNO/c26-5-1(6(27)14(35)21(42)13(5)34)25(2-7(28)15(36)22(43)16(37)8(2)29,3-9(30)17(38)23(44)18(39)10(3)31)4-11(32)19(40)24(45)20(41)12(4)33;16-13-8-2-4-10-15(13)18-17-11-5-7-12-6-1-3-9-14(12)17/h;1-11H/q-1;+1. The molecule has 0 saturated heterocycles. The summed E-state index contributed by atoms with van der Waals surface area (Å²) in [5, 5.41) is 1.04. The van der Waals surface area contributed by atoms with E-state index < -0.39 is 144 Å². The summed E-state index contributed by atoms with van der Waals surface area (Å²) in [7, 11) is 0. The van der Waals surface area contributed by atoms with Gasteiger partial charge in [0.25, 0.3) is 5.52 Å². The molecule has 1 aromatic heterocycles. The van der Waals surface area contributed by atoms with Gasteiger partial charge in [0.1, 0.15) is 52.7 Å². The zero-order chi connectivity index (χ0) is 46.7. The Bertz CT molecular complexity index is 2630. The van der Waals surface area contributed by atoms with Crippen LogP contribution in [0.4, 0.5) is 92.2 Å². The van der Waals surface area contributed by atoms with Gasteiger partial charge in [-0.25, -0.2) is 97.0 Å². The minimum atomic E-state index is -7.22. The number of para-hydroxylation sites is 2. The van der Waals surface area contributed by atoms with Crippen molar-refractivity contribution < 1.29 is 102 Å². The zero-order valence-electron chi connectivity index (χ0n) is 29.7. The Labute approximate surface area is 335 Å². The van der Waals surface area contributed by atoms with Crippen molar-refractivity contribution in [2.45, 2.75) is 0 Å². The molecule has 0 aliphatic rings. The van der Waals surface area contributed by atoms with Crippen LogP contribution < -0.4 is 31.4 Å². The topological polar surface area (TPSA) is 13.1 Å². The molecule has 63 heavy (non-hydrogen) atoms. The van der Waals surface area contributed by atoms with Crippen LogP contribution in [0.2, 0.25) is 0 Å². The summed E-state index contributed by atoms with van der Waals surface area (Å²) >= 11 is 0. The number of pyridine rings is 1. The van der Waals surface area contributed by atoms with Gasteiger partial charge in [0.05, 0.1) is 5.39 Å². The van der Waals surface area contributed by atoms with Crippen LogP contribution in [-0.2, 0) is 0 Å². The lowest BCUT2D eigenvalue weighted by Crippen LogP contribution is -2.81. The molecule has 0 radical (unpaired) electrons. The van der Waals surface area contributed by atoms with Crippen molar-refractivity contribution in [3.63, 3.8) is 0 Å². The maximum atomic E-state index is 15.4. The second-order valence-corrected chi connectivity index (χ2v) is 12.7. The molecule has 0 unspecified atom stereocenters. The summed E-state index contributed by atoms with van der Waals surface area (Å²) in [6, 6.07) is 18.0. The van der Waals surface area contributed by atoms with E-state index in [9.17, 15) is 57.1 Å². The number of nitrogens with zero attached hydrogens (tertiary/aromatic N) is 1. The van der Waals surface area contributed by atoms with Crippen molar-refractivity contribution in [3.8, 4) is 5.75 Å². The van der Waals surface area contributed by atoms with Crippen LogP contribution in [0.25, 0.3) is 10.9 Å². The number of aromatic nitrogens is 1. The fourth-order valence-electron chi connectivity index (χ4n) is 6.71. The lowest BCUT2D eigenvalue weighted by molar-refractivity contribution is -0.854. The molecule has 24 heteroatoms. The van der Waals surface area contributed by atoms with E-state index in [1.54, 1.807) is 29.1 Å². The minimum Gasteiger partial charge on any atom is -0.228 e. The van der Waals surface area contributed by atoms with Crippen LogP contribution in [0.1, 0.15) is 0 Å². The number of fused-ring (bicyclic) bond motifs is 1. The number of benzene rings is 6. The molecule has 7 rings (SSSR count). The van der Waals surface area contributed by atoms with Crippen LogP contribution in [0, 0.1) is 122 Å². The second kappa shape index (κ2) is 16.8. The Morgan fingerprint density at radius 3 is 0.905 bits per heavy atom. The van der Waals surface area contributed by atoms with E-state index in [0.717, 1.165) is 10.9 Å². The summed E-state index contributed by atoms with van der Waals surface area (Å²) in [6.07, 6.45) is -5.46. The maximum Gasteiger partial charge on any atom is 0.265 e. The van der Waals surface area contributed by atoms with E-state index in [0.29, 0.717) is 0 Å². The van der Waals surface area contributed by atoms with E-state index in [1.807, 2.05) is 36.4 Å². The lowest BCUT2D eigenvalue weighted by Gasteiger charge is -2.44. The van der Waals surface area contributed by atoms with Crippen LogP contribution in [-0.4, -0.2) is 6.15 Å². The van der Waals surface area contributed by atoms with Crippen LogP contribution in [0.3, 0.4) is 0 Å². The first kappa shape index (κ1) is 45.6. The lowest BCUT2D eigenvalue weighted by atomic mass is 9.12. The molecule has 0 saturated carbocycles. The average molecular weight is 919 g/mol. The Balaban J connectivity index is 0.000000302. The van der Waals surface area contributed by atoms with Gasteiger partial charge >= 0.3 is 0 Å². The molecule has 0 spiro atoms. The minimum absolute atomic E-state index is 0.207. The van der Waals surface area contributed by atoms with Gasteiger partial charge in [0, 0.05) is 16.9 Å². The SMILES string of the molecule is Fc1c(F)c(F)c([B-](c2c(F)c(F)c(F)c(F)c2F)(c2c(F)c(F)c(F)c(F)c2F)c2c(F)c(F)c(F)c(F)c2F)c(F)c1F.Fc1ccccc1O[n+]1cccc2ccccc21. The van der Waals surface area contributed by atoms with Crippen molar-refractivity contribution in [1.82, 2.24) is 0 Å². The normalized spacial score (nSPS) is 11.6. The Morgan fingerprint density at radius 2 is 0.571 bits per heavy atom. The number of halogens is 21. The van der Waals surface area contributed by atoms with E-state index in [4.69, 9.17) is 4.84 Å². The first-order valence-electron chi connectivity index (χ1n) is 16.6. The molecule has 0 atom stereocenters. The Morgan fingerprint density at radius 1 is 0.302 bits per heavy atom. The molecule has 328 valence electrons. The fourth-order valence-corrected chi connectivity index (χ4v) is 6.71. The highest BCUT2D eigenvalue weighted by atomic mass is 19.2. The van der Waals surface area contributed by atoms with Crippen LogP contribution in [0.15, 0.2) is 66.9 Å². The quantitative estimate of drug-likeness (QED) is 0.0535. The van der Waals surface area contributed by atoms with Gasteiger partial charge in [-0.2, -0.15) is 0 Å². The molecular formula is C39H11BF21NO. The van der Waals surface area contributed by atoms with Crippen molar-refractivity contribution in [2.75, 3.05) is 0 Å². The highest BCUT2D eigenvalue weighted by molar-refractivity contribution is 7.20. The summed E-state index contributed by atoms with van der Waals surface area (Å²) in [5.74, 6) is -71.6. The third-order valence-electron chi connectivity index (χ3n) is 9.41. The van der Waals surface area contributed by atoms with Gasteiger partial charge in [-0.3, -0.25) is 0 Å². The van der Waals surface area contributed by atoms with E-state index in [2.05, 4.69) is 0 Å². The Kier molecular flexibility index (Phi) is 12.2. The monoisotopic (exact) mass is 919 g/mol. The summed E-state index contributed by atoms with van der Waals surface area (Å²) in [5.41, 5.74) is -13.4. The van der Waals surface area contributed by atoms with Gasteiger partial charge < -0.3 is 0 Å². The smallest absolute Gasteiger partial charge is 0.228 e. The average Bonchev–Trinajstić information content (AvgIpc) is 3.27. The van der Waals surface area contributed by atoms with Gasteiger partial charge in [-0.05, 0) is 24.3 Å². The Hall–Kier alpha value is -6.88. The molecule has 2 nitrogen and oxygen atoms in total. The van der Waals surface area contributed by atoms with Crippen molar-refractivity contribution in [2.24, 2.45) is 0 Å². The fraction of sp³-hybridized carbons (Fsp3) is 0. The molecule has 6 aromatic carbocycles. The third-order valence-corrected chi connectivity index (χ3v) is 9.41. The molecule has 7 aromatic rings. The third kappa shape index (κ3) is 7.00. The predicted molar refractivity (Wildman–Crippen MR) is 176 cm³/mol. The molecular weight excluding hydrogens is 908 g/mol. The predicted octanol–water partition coefficient (Wildman–Crippen LogP) is 8.95. The second-order valence-electron chi connectivity index (χ2n) is 12.7. The zero-order valence-corrected chi connectivity index (χ0v) is 29.7. The summed E-state index contributed by atoms with van der Waals surface area (Å²) < 4.78 is 309. The van der Waals surface area contributed by atoms with Crippen LogP contribution >= 0.6 is 0 Å². The molecule has 0 bridgehead atoms. The van der Waals surface area contributed by atoms with Gasteiger partial charge in [-0.1, -0.05) is 24.3 Å². The molecule has 0 aliphatic heterocycles. The van der Waals surface area contributed by atoms with E-state index in [1.165, 1.54) is 6.07 Å². The van der Waals surface area contributed by atoms with E-state index in [-0.39, 0.29) is 11.6 Å². The number of hydrogen-bond donors (Lipinski definition) is 0. The van der Waals surface area contributed by atoms with Gasteiger partial charge in [0.2, 0.25) is 11.9 Å². The summed E-state index contributed by atoms with van der Waals surface area (Å²) in [4.78, 5) is 5.56. The summed E-state index contributed by atoms with van der Waals surface area (Å²) in [6.45, 7) is 0. The number of hydrogen-bond acceptors (Lipinski definition) is 1. The molecule has 0 aliphatic carbocycles. The van der Waals surface area contributed by atoms with Crippen LogP contribution in [0.5, 0.6) is 5.75 Å². The highest BCUT2D eigenvalue weighted by Crippen LogP contribution is 2.31. The van der Waals surface area contributed by atoms with Gasteiger partial charge in [-0.15, -0.1) is 21.9 Å².